The zero-order valence-corrected chi connectivity index (χ0v) is 19.9. The average Bonchev–Trinajstić information content (AvgIpc) is 2.89. The summed E-state index contributed by atoms with van der Waals surface area (Å²) < 4.78 is 49.2. The van der Waals surface area contributed by atoms with Gasteiger partial charge in [-0.3, -0.25) is 0 Å². The van der Waals surface area contributed by atoms with Crippen LogP contribution in [0.15, 0.2) is 79.9 Å². The molecule has 1 aliphatic rings. The Hall–Kier alpha value is -3.27. The maximum atomic E-state index is 15.1. The van der Waals surface area contributed by atoms with Gasteiger partial charge in [-0.25, -0.2) is 8.78 Å². The van der Waals surface area contributed by atoms with E-state index in [1.165, 1.54) is 24.6 Å². The molecule has 0 amide bonds. The molecule has 3 aromatic carbocycles. The first-order valence-electron chi connectivity index (χ1n) is 12.2. The molecule has 4 rings (SSSR count). The van der Waals surface area contributed by atoms with Gasteiger partial charge in [-0.05, 0) is 90.8 Å². The summed E-state index contributed by atoms with van der Waals surface area (Å²) in [7, 11) is 0. The first-order chi connectivity index (χ1) is 17.0. The van der Waals surface area contributed by atoms with E-state index >= 15 is 4.39 Å². The van der Waals surface area contributed by atoms with Gasteiger partial charge < -0.3 is 4.74 Å². The lowest BCUT2D eigenvalue weighted by atomic mass is 9.77. The van der Waals surface area contributed by atoms with Crippen molar-refractivity contribution in [3.8, 4) is 28.0 Å². The minimum absolute atomic E-state index is 0.0940. The zero-order valence-electron chi connectivity index (χ0n) is 19.9. The van der Waals surface area contributed by atoms with Crippen LogP contribution in [-0.2, 0) is 0 Å². The lowest BCUT2D eigenvalue weighted by Gasteiger charge is -2.29. The van der Waals surface area contributed by atoms with Crippen molar-refractivity contribution in [2.75, 3.05) is 6.61 Å². The summed E-state index contributed by atoms with van der Waals surface area (Å²) in [6.45, 7) is 7.40. The number of halogens is 3. The Morgan fingerprint density at radius 1 is 0.771 bits per heavy atom. The number of benzene rings is 3. The van der Waals surface area contributed by atoms with Gasteiger partial charge in [-0.15, -0.1) is 6.58 Å². The fourth-order valence-electron chi connectivity index (χ4n) is 5.01. The second-order valence-electron chi connectivity index (χ2n) is 9.24. The first-order valence-corrected chi connectivity index (χ1v) is 12.2. The summed E-state index contributed by atoms with van der Waals surface area (Å²) in [5, 5.41) is 0. The molecule has 0 unspecified atom stereocenters. The highest BCUT2D eigenvalue weighted by Crippen LogP contribution is 2.39. The second-order valence-corrected chi connectivity index (χ2v) is 9.24. The predicted molar refractivity (Wildman–Crippen MR) is 137 cm³/mol. The monoisotopic (exact) mass is 476 g/mol. The SMILES string of the molecule is C=CCCC1CCC(c2ccc(-c3ccc(-c4ccc(OCC=C)c(F)c4F)cc3)cc2F)CC1. The summed E-state index contributed by atoms with van der Waals surface area (Å²) in [5.41, 5.74) is 3.05. The van der Waals surface area contributed by atoms with E-state index in [1.807, 2.05) is 18.2 Å². The van der Waals surface area contributed by atoms with E-state index in [0.717, 1.165) is 54.7 Å². The molecule has 1 nitrogen and oxygen atoms in total. The van der Waals surface area contributed by atoms with Gasteiger partial charge in [0.05, 0.1) is 0 Å². The Bertz CT molecular complexity index is 1170. The van der Waals surface area contributed by atoms with Gasteiger partial charge in [-0.2, -0.15) is 4.39 Å². The maximum Gasteiger partial charge on any atom is 0.201 e. The topological polar surface area (TPSA) is 9.23 Å². The van der Waals surface area contributed by atoms with Crippen LogP contribution in [0.2, 0.25) is 0 Å². The molecular formula is C31H31F3O. The Morgan fingerprint density at radius 2 is 1.46 bits per heavy atom. The molecule has 1 saturated carbocycles. The van der Waals surface area contributed by atoms with Crippen LogP contribution in [0, 0.1) is 23.4 Å². The zero-order chi connectivity index (χ0) is 24.8. The molecule has 0 bridgehead atoms. The summed E-state index contributed by atoms with van der Waals surface area (Å²) in [6, 6.07) is 15.4. The number of hydrogen-bond acceptors (Lipinski definition) is 1. The van der Waals surface area contributed by atoms with Gasteiger partial charge in [0, 0.05) is 5.56 Å². The molecule has 35 heavy (non-hydrogen) atoms. The Morgan fingerprint density at radius 3 is 2.11 bits per heavy atom. The minimum atomic E-state index is -1.03. The van der Waals surface area contributed by atoms with Crippen molar-refractivity contribution in [1.29, 1.82) is 0 Å². The Balaban J connectivity index is 1.47. The van der Waals surface area contributed by atoms with Gasteiger partial charge in [-0.1, -0.05) is 55.1 Å². The highest BCUT2D eigenvalue weighted by atomic mass is 19.2. The first kappa shape index (κ1) is 24.8. The molecule has 3 aromatic rings. The van der Waals surface area contributed by atoms with Crippen LogP contribution in [0.25, 0.3) is 22.3 Å². The third-order valence-electron chi connectivity index (χ3n) is 7.00. The molecule has 0 saturated heterocycles. The molecule has 0 atom stereocenters. The number of ether oxygens (including phenoxy) is 1. The van der Waals surface area contributed by atoms with Crippen molar-refractivity contribution >= 4 is 0 Å². The fourth-order valence-corrected chi connectivity index (χ4v) is 5.01. The fraction of sp³-hybridized carbons (Fsp3) is 0.290. The van der Waals surface area contributed by atoms with E-state index in [9.17, 15) is 8.78 Å². The van der Waals surface area contributed by atoms with Crippen LogP contribution in [0.1, 0.15) is 50.0 Å². The van der Waals surface area contributed by atoms with E-state index in [4.69, 9.17) is 4.74 Å². The number of hydrogen-bond donors (Lipinski definition) is 0. The molecule has 1 fully saturated rings. The van der Waals surface area contributed by atoms with Crippen molar-refractivity contribution in [3.05, 3.63) is 103 Å². The third-order valence-corrected chi connectivity index (χ3v) is 7.00. The lowest BCUT2D eigenvalue weighted by Crippen LogP contribution is -2.14. The summed E-state index contributed by atoms with van der Waals surface area (Å²) in [6.07, 6.45) is 9.99. The molecule has 182 valence electrons. The Kier molecular flexibility index (Phi) is 8.12. The maximum absolute atomic E-state index is 15.1. The second kappa shape index (κ2) is 11.4. The predicted octanol–water partition coefficient (Wildman–Crippen LogP) is 9.24. The average molecular weight is 477 g/mol. The summed E-state index contributed by atoms with van der Waals surface area (Å²) in [5.74, 6) is -1.33. The van der Waals surface area contributed by atoms with Crippen molar-refractivity contribution in [3.63, 3.8) is 0 Å². The van der Waals surface area contributed by atoms with Gasteiger partial charge in [0.2, 0.25) is 5.82 Å². The van der Waals surface area contributed by atoms with E-state index < -0.39 is 11.6 Å². The van der Waals surface area contributed by atoms with Gasteiger partial charge in [0.15, 0.2) is 11.6 Å². The van der Waals surface area contributed by atoms with Crippen LogP contribution in [0.4, 0.5) is 13.2 Å². The molecule has 0 radical (unpaired) electrons. The summed E-state index contributed by atoms with van der Waals surface area (Å²) >= 11 is 0. The van der Waals surface area contributed by atoms with E-state index in [1.54, 1.807) is 30.3 Å². The van der Waals surface area contributed by atoms with Crippen LogP contribution in [-0.4, -0.2) is 6.61 Å². The van der Waals surface area contributed by atoms with Gasteiger partial charge in [0.25, 0.3) is 0 Å². The molecule has 4 heteroatoms. The standard InChI is InChI=1S/C31H31F3O/c1-3-5-6-21-7-9-23(10-8-21)26-16-15-25(20-28(26)32)22-11-13-24(14-12-22)27-17-18-29(35-19-4-2)31(34)30(27)33/h3-4,11-18,20-21,23H,1-2,5-10,19H2. The van der Waals surface area contributed by atoms with E-state index in [2.05, 4.69) is 13.2 Å². The van der Waals surface area contributed by atoms with Crippen LogP contribution >= 0.6 is 0 Å². The van der Waals surface area contributed by atoms with Gasteiger partial charge in [0.1, 0.15) is 12.4 Å². The molecular weight excluding hydrogens is 445 g/mol. The van der Waals surface area contributed by atoms with Crippen molar-refractivity contribution in [2.45, 2.75) is 44.4 Å². The van der Waals surface area contributed by atoms with E-state index in [0.29, 0.717) is 5.56 Å². The molecule has 0 N–H and O–H groups in total. The molecule has 0 aromatic heterocycles. The quantitative estimate of drug-likeness (QED) is 0.280. The largest absolute Gasteiger partial charge is 0.486 e. The molecule has 0 heterocycles. The van der Waals surface area contributed by atoms with Gasteiger partial charge >= 0.3 is 0 Å². The molecule has 0 spiro atoms. The lowest BCUT2D eigenvalue weighted by molar-refractivity contribution is 0.308. The highest BCUT2D eigenvalue weighted by Gasteiger charge is 2.24. The highest BCUT2D eigenvalue weighted by molar-refractivity contribution is 5.71. The van der Waals surface area contributed by atoms with E-state index in [-0.39, 0.29) is 29.7 Å². The van der Waals surface area contributed by atoms with Crippen LogP contribution < -0.4 is 4.74 Å². The Labute approximate surface area is 206 Å². The smallest absolute Gasteiger partial charge is 0.201 e. The van der Waals surface area contributed by atoms with Crippen LogP contribution in [0.3, 0.4) is 0 Å². The molecule has 1 aliphatic carbocycles. The minimum Gasteiger partial charge on any atom is -0.486 e. The normalized spacial score (nSPS) is 17.7. The van der Waals surface area contributed by atoms with Crippen molar-refractivity contribution in [1.82, 2.24) is 0 Å². The summed E-state index contributed by atoms with van der Waals surface area (Å²) in [4.78, 5) is 0. The van der Waals surface area contributed by atoms with Crippen molar-refractivity contribution in [2.24, 2.45) is 5.92 Å². The van der Waals surface area contributed by atoms with Crippen LogP contribution in [0.5, 0.6) is 5.75 Å². The third kappa shape index (κ3) is 5.70. The number of rotatable bonds is 9. The van der Waals surface area contributed by atoms with Crippen molar-refractivity contribution < 1.29 is 17.9 Å². The number of allylic oxidation sites excluding steroid dienone is 1. The molecule has 0 aliphatic heterocycles.